The van der Waals surface area contributed by atoms with Crippen molar-refractivity contribution >= 4 is 22.9 Å². The molecule has 14 heavy (non-hydrogen) atoms. The van der Waals surface area contributed by atoms with Crippen molar-refractivity contribution in [3.8, 4) is 0 Å². The Kier molecular flexibility index (Phi) is 5.53. The summed E-state index contributed by atoms with van der Waals surface area (Å²) in [6, 6.07) is 4.11. The van der Waals surface area contributed by atoms with Gasteiger partial charge in [-0.2, -0.15) is 0 Å². The summed E-state index contributed by atoms with van der Waals surface area (Å²) in [6.07, 6.45) is 2.34. The fourth-order valence-electron chi connectivity index (χ4n) is 1.40. The maximum absolute atomic E-state index is 5.87. The van der Waals surface area contributed by atoms with Crippen molar-refractivity contribution in [3.63, 3.8) is 0 Å². The molecule has 1 unspecified atom stereocenters. The summed E-state index contributed by atoms with van der Waals surface area (Å²) in [7, 11) is 0. The van der Waals surface area contributed by atoms with Crippen LogP contribution in [0, 0.1) is 5.92 Å². The van der Waals surface area contributed by atoms with Crippen LogP contribution in [0.5, 0.6) is 0 Å². The van der Waals surface area contributed by atoms with Crippen LogP contribution >= 0.6 is 22.9 Å². The van der Waals surface area contributed by atoms with E-state index in [1.165, 1.54) is 11.3 Å². The van der Waals surface area contributed by atoms with Crippen molar-refractivity contribution in [1.29, 1.82) is 0 Å². The van der Waals surface area contributed by atoms with E-state index in [2.05, 4.69) is 25.2 Å². The minimum atomic E-state index is 0.691. The molecule has 0 radical (unpaired) electrons. The van der Waals surface area contributed by atoms with E-state index in [1.54, 1.807) is 11.3 Å². The van der Waals surface area contributed by atoms with Crippen molar-refractivity contribution < 1.29 is 0 Å². The average Bonchev–Trinajstić information content (AvgIpc) is 2.52. The third-order valence-electron chi connectivity index (χ3n) is 2.10. The molecular weight excluding hydrogens is 214 g/mol. The van der Waals surface area contributed by atoms with Gasteiger partial charge in [0.15, 0.2) is 0 Å². The molecule has 0 fully saturated rings. The van der Waals surface area contributed by atoms with Gasteiger partial charge in [-0.25, -0.2) is 0 Å². The van der Waals surface area contributed by atoms with Crippen LogP contribution in [0.3, 0.4) is 0 Å². The first-order valence-corrected chi connectivity index (χ1v) is 6.36. The van der Waals surface area contributed by atoms with Crippen molar-refractivity contribution in [3.05, 3.63) is 21.3 Å². The lowest BCUT2D eigenvalue weighted by Crippen LogP contribution is -2.22. The van der Waals surface area contributed by atoms with Crippen molar-refractivity contribution in [2.24, 2.45) is 5.92 Å². The highest BCUT2D eigenvalue weighted by Crippen LogP contribution is 2.23. The van der Waals surface area contributed by atoms with Crippen LogP contribution in [0.15, 0.2) is 12.1 Å². The maximum atomic E-state index is 5.87. The summed E-state index contributed by atoms with van der Waals surface area (Å²) in [6.45, 7) is 6.69. The second-order valence-corrected chi connectivity index (χ2v) is 5.52. The van der Waals surface area contributed by atoms with Gasteiger partial charge < -0.3 is 5.32 Å². The molecule has 3 heteroatoms. The number of rotatable bonds is 6. The molecule has 0 saturated carbocycles. The predicted octanol–water partition coefficient (Wildman–Crippen LogP) is 3.58. The summed E-state index contributed by atoms with van der Waals surface area (Å²) in [5, 5.41) is 3.43. The van der Waals surface area contributed by atoms with Gasteiger partial charge >= 0.3 is 0 Å². The second-order valence-electron chi connectivity index (χ2n) is 3.72. The fourth-order valence-corrected chi connectivity index (χ4v) is 2.65. The van der Waals surface area contributed by atoms with E-state index in [1.807, 2.05) is 6.07 Å². The van der Waals surface area contributed by atoms with Crippen molar-refractivity contribution in [1.82, 2.24) is 5.32 Å². The molecule has 1 aromatic rings. The zero-order valence-electron chi connectivity index (χ0n) is 8.85. The summed E-state index contributed by atoms with van der Waals surface area (Å²) in [4.78, 5) is 1.39. The lowest BCUT2D eigenvalue weighted by molar-refractivity contribution is 0.513. The van der Waals surface area contributed by atoms with E-state index in [0.717, 1.165) is 23.8 Å². The Labute approximate surface area is 95.5 Å². The van der Waals surface area contributed by atoms with Crippen molar-refractivity contribution in [2.45, 2.75) is 26.7 Å². The molecule has 1 nitrogen and oxygen atoms in total. The van der Waals surface area contributed by atoms with Crippen LogP contribution in [0.1, 0.15) is 25.1 Å². The van der Waals surface area contributed by atoms with Gasteiger partial charge in [0.1, 0.15) is 0 Å². The topological polar surface area (TPSA) is 12.0 Å². The van der Waals surface area contributed by atoms with Crippen LogP contribution in [-0.2, 0) is 6.42 Å². The molecule has 1 N–H and O–H groups in total. The number of nitrogens with one attached hydrogen (secondary N) is 1. The molecule has 1 aromatic heterocycles. The van der Waals surface area contributed by atoms with E-state index in [0.29, 0.717) is 5.92 Å². The molecule has 80 valence electrons. The van der Waals surface area contributed by atoms with Crippen LogP contribution in [0.25, 0.3) is 0 Å². The first-order chi connectivity index (χ1) is 6.72. The first kappa shape index (κ1) is 12.0. The highest BCUT2D eigenvalue weighted by Gasteiger charge is 2.05. The minimum Gasteiger partial charge on any atom is -0.316 e. The van der Waals surface area contributed by atoms with E-state index < -0.39 is 0 Å². The van der Waals surface area contributed by atoms with Crippen LogP contribution < -0.4 is 5.32 Å². The summed E-state index contributed by atoms with van der Waals surface area (Å²) >= 11 is 7.57. The molecule has 1 rings (SSSR count). The normalized spacial score (nSPS) is 13.1. The Hall–Kier alpha value is -0.0500. The van der Waals surface area contributed by atoms with Crippen LogP contribution in [0.2, 0.25) is 4.34 Å². The van der Waals surface area contributed by atoms with Gasteiger partial charge in [-0.05, 0) is 44.0 Å². The molecule has 0 spiro atoms. The SMILES string of the molecule is CCCNCC(C)Cc1ccc(Cl)s1. The zero-order chi connectivity index (χ0) is 10.4. The summed E-state index contributed by atoms with van der Waals surface area (Å²) in [5.74, 6) is 0.691. The fraction of sp³-hybridized carbons (Fsp3) is 0.636. The molecule has 0 aliphatic heterocycles. The van der Waals surface area contributed by atoms with E-state index in [9.17, 15) is 0 Å². The molecular formula is C11H18ClNS. The lowest BCUT2D eigenvalue weighted by Gasteiger charge is -2.10. The molecule has 0 aromatic carbocycles. The highest BCUT2D eigenvalue weighted by molar-refractivity contribution is 7.16. The number of hydrogen-bond acceptors (Lipinski definition) is 2. The Bertz CT molecular complexity index is 260. The Morgan fingerprint density at radius 3 is 2.86 bits per heavy atom. The smallest absolute Gasteiger partial charge is 0.0931 e. The minimum absolute atomic E-state index is 0.691. The Morgan fingerprint density at radius 2 is 2.29 bits per heavy atom. The van der Waals surface area contributed by atoms with Crippen LogP contribution in [-0.4, -0.2) is 13.1 Å². The predicted molar refractivity (Wildman–Crippen MR) is 65.4 cm³/mol. The monoisotopic (exact) mass is 231 g/mol. The third kappa shape index (κ3) is 4.45. The molecule has 1 atom stereocenters. The number of halogens is 1. The van der Waals surface area contributed by atoms with Gasteiger partial charge in [0.25, 0.3) is 0 Å². The summed E-state index contributed by atoms with van der Waals surface area (Å²) in [5.41, 5.74) is 0. The van der Waals surface area contributed by atoms with Gasteiger partial charge in [-0.15, -0.1) is 11.3 Å². The second kappa shape index (κ2) is 6.44. The Morgan fingerprint density at radius 1 is 1.50 bits per heavy atom. The molecule has 1 heterocycles. The quantitative estimate of drug-likeness (QED) is 0.738. The van der Waals surface area contributed by atoms with Gasteiger partial charge in [0.2, 0.25) is 0 Å². The van der Waals surface area contributed by atoms with Crippen LogP contribution in [0.4, 0.5) is 0 Å². The molecule has 0 saturated heterocycles. The number of hydrogen-bond donors (Lipinski definition) is 1. The van der Waals surface area contributed by atoms with Gasteiger partial charge in [-0.3, -0.25) is 0 Å². The number of thiophene rings is 1. The first-order valence-electron chi connectivity index (χ1n) is 5.17. The van der Waals surface area contributed by atoms with Crippen molar-refractivity contribution in [2.75, 3.05) is 13.1 Å². The molecule has 0 bridgehead atoms. The Balaban J connectivity index is 2.23. The van der Waals surface area contributed by atoms with E-state index in [4.69, 9.17) is 11.6 Å². The standard InChI is InChI=1S/C11H18ClNS/c1-3-6-13-8-9(2)7-10-4-5-11(12)14-10/h4-5,9,13H,3,6-8H2,1-2H3. The third-order valence-corrected chi connectivity index (χ3v) is 3.35. The largest absolute Gasteiger partial charge is 0.316 e. The van der Waals surface area contributed by atoms with E-state index in [-0.39, 0.29) is 0 Å². The zero-order valence-corrected chi connectivity index (χ0v) is 10.4. The average molecular weight is 232 g/mol. The lowest BCUT2D eigenvalue weighted by atomic mass is 10.1. The van der Waals surface area contributed by atoms with Gasteiger partial charge in [0, 0.05) is 4.88 Å². The summed E-state index contributed by atoms with van der Waals surface area (Å²) < 4.78 is 0.897. The molecule has 0 aliphatic rings. The highest BCUT2D eigenvalue weighted by atomic mass is 35.5. The van der Waals surface area contributed by atoms with E-state index >= 15 is 0 Å². The molecule has 0 amide bonds. The van der Waals surface area contributed by atoms with Gasteiger partial charge in [0.05, 0.1) is 4.34 Å². The molecule has 0 aliphatic carbocycles. The maximum Gasteiger partial charge on any atom is 0.0931 e. The van der Waals surface area contributed by atoms with Gasteiger partial charge in [-0.1, -0.05) is 25.4 Å².